The molecule has 0 fully saturated rings. The average Bonchev–Trinajstić information content (AvgIpc) is 3.08. The van der Waals surface area contributed by atoms with E-state index in [0.717, 1.165) is 10.9 Å². The number of amides is 1. The van der Waals surface area contributed by atoms with E-state index in [1.807, 2.05) is 0 Å². The molecule has 0 aliphatic rings. The number of esters is 2. The van der Waals surface area contributed by atoms with Crippen LogP contribution in [0.4, 0.5) is 0 Å². The van der Waals surface area contributed by atoms with Crippen LogP contribution in [0.5, 0.6) is 11.5 Å². The molecule has 3 aromatic rings. The number of hydrogen-bond donors (Lipinski definition) is 2. The van der Waals surface area contributed by atoms with E-state index in [2.05, 4.69) is 10.3 Å². The number of ether oxygens (including phenoxy) is 3. The van der Waals surface area contributed by atoms with Gasteiger partial charge in [-0.3, -0.25) is 9.59 Å². The van der Waals surface area contributed by atoms with Crippen LogP contribution in [0.2, 0.25) is 10.0 Å². The maximum atomic E-state index is 12.4. The Labute approximate surface area is 206 Å². The molecule has 0 aliphatic heterocycles. The van der Waals surface area contributed by atoms with Gasteiger partial charge in [0.2, 0.25) is 0 Å². The standard InChI is InChI=1S/C24H24Cl2N2O6/c1-12-15-10-14(6-7-18(15)28-20(12)23(31)32-5)33-21-16(25)8-13(9-17(21)26)22(30)27-11-19(29)34-24(2,3)4/h6-10,28H,11H2,1-5H3,(H,27,30). The fourth-order valence-electron chi connectivity index (χ4n) is 3.21. The van der Waals surface area contributed by atoms with Crippen molar-refractivity contribution >= 4 is 52.0 Å². The van der Waals surface area contributed by atoms with E-state index >= 15 is 0 Å². The molecule has 10 heteroatoms. The lowest BCUT2D eigenvalue weighted by Gasteiger charge is -2.19. The van der Waals surface area contributed by atoms with Crippen LogP contribution in [-0.4, -0.2) is 42.1 Å². The smallest absolute Gasteiger partial charge is 0.354 e. The Bertz CT molecular complexity index is 1250. The summed E-state index contributed by atoms with van der Waals surface area (Å²) in [6, 6.07) is 7.96. The first-order valence-electron chi connectivity index (χ1n) is 10.3. The molecule has 8 nitrogen and oxygen atoms in total. The molecule has 0 spiro atoms. The monoisotopic (exact) mass is 506 g/mol. The van der Waals surface area contributed by atoms with Crippen molar-refractivity contribution in [3.63, 3.8) is 0 Å². The van der Waals surface area contributed by atoms with Gasteiger partial charge in [0.15, 0.2) is 5.75 Å². The highest BCUT2D eigenvalue weighted by Crippen LogP contribution is 2.38. The van der Waals surface area contributed by atoms with Crippen LogP contribution in [0, 0.1) is 6.92 Å². The fourth-order valence-corrected chi connectivity index (χ4v) is 3.78. The number of aryl methyl sites for hydroxylation is 1. The minimum absolute atomic E-state index is 0.107. The zero-order valence-electron chi connectivity index (χ0n) is 19.3. The number of aromatic amines is 1. The number of nitrogens with one attached hydrogen (secondary N) is 2. The van der Waals surface area contributed by atoms with Gasteiger partial charge in [0.1, 0.15) is 23.6 Å². The second-order valence-electron chi connectivity index (χ2n) is 8.46. The summed E-state index contributed by atoms with van der Waals surface area (Å²) in [5.74, 6) is -0.989. The van der Waals surface area contributed by atoms with Crippen molar-refractivity contribution in [2.45, 2.75) is 33.3 Å². The molecule has 180 valence electrons. The highest BCUT2D eigenvalue weighted by atomic mass is 35.5. The topological polar surface area (TPSA) is 107 Å². The van der Waals surface area contributed by atoms with Crippen LogP contribution in [0.1, 0.15) is 47.2 Å². The SMILES string of the molecule is COC(=O)c1[nH]c2ccc(Oc3c(Cl)cc(C(=O)NCC(=O)OC(C)(C)C)cc3Cl)cc2c1C. The molecule has 1 amide bonds. The van der Waals surface area contributed by atoms with Crippen molar-refractivity contribution < 1.29 is 28.6 Å². The number of fused-ring (bicyclic) bond motifs is 1. The Kier molecular flexibility index (Phi) is 7.43. The first kappa shape index (κ1) is 25.4. The van der Waals surface area contributed by atoms with E-state index < -0.39 is 23.4 Å². The van der Waals surface area contributed by atoms with Gasteiger partial charge in [-0.2, -0.15) is 0 Å². The quantitative estimate of drug-likeness (QED) is 0.431. The molecule has 2 aromatic carbocycles. The fraction of sp³-hybridized carbons (Fsp3) is 0.292. The van der Waals surface area contributed by atoms with Crippen molar-refractivity contribution in [2.24, 2.45) is 0 Å². The summed E-state index contributed by atoms with van der Waals surface area (Å²) in [6.45, 7) is 6.70. The zero-order chi connectivity index (χ0) is 25.2. The largest absolute Gasteiger partial charge is 0.464 e. The molecule has 0 unspecified atom stereocenters. The Morgan fingerprint density at radius 1 is 1.06 bits per heavy atom. The van der Waals surface area contributed by atoms with E-state index in [1.165, 1.54) is 19.2 Å². The van der Waals surface area contributed by atoms with E-state index in [1.54, 1.807) is 45.9 Å². The number of hydrogen-bond acceptors (Lipinski definition) is 6. The first-order valence-corrected chi connectivity index (χ1v) is 11.0. The van der Waals surface area contributed by atoms with Crippen molar-refractivity contribution in [2.75, 3.05) is 13.7 Å². The van der Waals surface area contributed by atoms with Crippen LogP contribution in [-0.2, 0) is 14.3 Å². The number of aromatic nitrogens is 1. The van der Waals surface area contributed by atoms with Crippen molar-refractivity contribution in [3.8, 4) is 11.5 Å². The van der Waals surface area contributed by atoms with E-state index in [0.29, 0.717) is 17.0 Å². The molecule has 0 saturated carbocycles. The maximum Gasteiger partial charge on any atom is 0.354 e. The second kappa shape index (κ2) is 9.95. The third-order valence-corrected chi connectivity index (χ3v) is 5.27. The molecule has 3 rings (SSSR count). The number of carbonyl (C=O) groups excluding carboxylic acids is 3. The Hall–Kier alpha value is -3.23. The molecule has 0 radical (unpaired) electrons. The molecule has 34 heavy (non-hydrogen) atoms. The van der Waals surface area contributed by atoms with Gasteiger partial charge in [-0.1, -0.05) is 23.2 Å². The molecule has 1 aromatic heterocycles. The van der Waals surface area contributed by atoms with Gasteiger partial charge in [0.05, 0.1) is 17.2 Å². The van der Waals surface area contributed by atoms with E-state index in [9.17, 15) is 14.4 Å². The lowest BCUT2D eigenvalue weighted by atomic mass is 10.1. The minimum Gasteiger partial charge on any atom is -0.464 e. The summed E-state index contributed by atoms with van der Waals surface area (Å²) in [6.07, 6.45) is 0. The van der Waals surface area contributed by atoms with Crippen LogP contribution < -0.4 is 10.1 Å². The molecule has 1 heterocycles. The highest BCUT2D eigenvalue weighted by Gasteiger charge is 2.20. The number of H-pyrrole nitrogens is 1. The Morgan fingerprint density at radius 2 is 1.71 bits per heavy atom. The summed E-state index contributed by atoms with van der Waals surface area (Å²) in [5.41, 5.74) is 1.30. The number of rotatable bonds is 6. The van der Waals surface area contributed by atoms with Crippen molar-refractivity contribution in [1.29, 1.82) is 0 Å². The van der Waals surface area contributed by atoms with Crippen LogP contribution in [0.15, 0.2) is 30.3 Å². The third kappa shape index (κ3) is 5.81. The predicted octanol–water partition coefficient (Wildman–Crippen LogP) is 5.43. The lowest BCUT2D eigenvalue weighted by Crippen LogP contribution is -2.34. The lowest BCUT2D eigenvalue weighted by molar-refractivity contribution is -0.153. The summed E-state index contributed by atoms with van der Waals surface area (Å²) < 4.78 is 15.8. The average molecular weight is 507 g/mol. The second-order valence-corrected chi connectivity index (χ2v) is 9.28. The number of halogens is 2. The van der Waals surface area contributed by atoms with Gasteiger partial charge in [0.25, 0.3) is 5.91 Å². The maximum absolute atomic E-state index is 12.4. The highest BCUT2D eigenvalue weighted by molar-refractivity contribution is 6.37. The number of carbonyl (C=O) groups is 3. The number of methoxy groups -OCH3 is 1. The molecular weight excluding hydrogens is 483 g/mol. The van der Waals surface area contributed by atoms with E-state index in [4.69, 9.17) is 37.4 Å². The van der Waals surface area contributed by atoms with Gasteiger partial charge < -0.3 is 24.5 Å². The van der Waals surface area contributed by atoms with Crippen molar-refractivity contribution in [1.82, 2.24) is 10.3 Å². The van der Waals surface area contributed by atoms with Gasteiger partial charge in [-0.05, 0) is 63.6 Å². The Balaban J connectivity index is 1.78. The van der Waals surface area contributed by atoms with E-state index in [-0.39, 0.29) is 27.9 Å². The van der Waals surface area contributed by atoms with Crippen LogP contribution in [0.25, 0.3) is 10.9 Å². The Morgan fingerprint density at radius 3 is 2.29 bits per heavy atom. The molecule has 2 N–H and O–H groups in total. The summed E-state index contributed by atoms with van der Waals surface area (Å²) in [7, 11) is 1.31. The molecule has 0 aliphatic carbocycles. The number of benzene rings is 2. The van der Waals surface area contributed by atoms with Gasteiger partial charge in [0, 0.05) is 16.5 Å². The first-order chi connectivity index (χ1) is 15.9. The summed E-state index contributed by atoms with van der Waals surface area (Å²) >= 11 is 12.7. The minimum atomic E-state index is -0.657. The normalized spacial score (nSPS) is 11.3. The summed E-state index contributed by atoms with van der Waals surface area (Å²) in [4.78, 5) is 39.2. The zero-order valence-corrected chi connectivity index (χ0v) is 20.8. The van der Waals surface area contributed by atoms with Gasteiger partial charge in [-0.15, -0.1) is 0 Å². The molecule has 0 atom stereocenters. The van der Waals surface area contributed by atoms with Crippen LogP contribution >= 0.6 is 23.2 Å². The summed E-state index contributed by atoms with van der Waals surface area (Å²) in [5, 5.41) is 3.46. The third-order valence-electron chi connectivity index (χ3n) is 4.71. The van der Waals surface area contributed by atoms with Gasteiger partial charge >= 0.3 is 11.9 Å². The molecule has 0 bridgehead atoms. The molecule has 0 saturated heterocycles. The predicted molar refractivity (Wildman–Crippen MR) is 129 cm³/mol. The van der Waals surface area contributed by atoms with Crippen molar-refractivity contribution in [3.05, 3.63) is 57.2 Å². The van der Waals surface area contributed by atoms with Gasteiger partial charge in [-0.25, -0.2) is 4.79 Å². The molecular formula is C24H24Cl2N2O6. The van der Waals surface area contributed by atoms with Crippen LogP contribution in [0.3, 0.4) is 0 Å².